The summed E-state index contributed by atoms with van der Waals surface area (Å²) in [4.78, 5) is 2.35. The first-order chi connectivity index (χ1) is 30.7. The molecule has 0 saturated carbocycles. The zero-order valence-electron chi connectivity index (χ0n) is 33.9. The monoisotopic (exact) mass is 789 g/mol. The van der Waals surface area contributed by atoms with Crippen LogP contribution in [0.15, 0.2) is 241 Å². The van der Waals surface area contributed by atoms with Crippen molar-refractivity contribution < 1.29 is 4.42 Å². The van der Waals surface area contributed by atoms with Gasteiger partial charge in [-0.1, -0.05) is 188 Å². The standard InChI is InChI=1S/C60H39NO/c1-3-13-50-42(10-1)12-7-16-51(50)45-28-35-48(36-29-45)61(49-37-30-46(31-38-49)54-18-9-21-59-60(54)57-15-5-6-20-58(57)62-59)47-33-26-41(27-34-47)40-22-24-44(25-23-40)53-17-8-19-55-52-14-4-2-11-43(52)32-39-56(53)55/h1-39H. The van der Waals surface area contributed by atoms with E-state index in [9.17, 15) is 0 Å². The molecule has 11 aromatic carbocycles. The maximum Gasteiger partial charge on any atom is 0.136 e. The molecule has 0 spiro atoms. The summed E-state index contributed by atoms with van der Waals surface area (Å²) >= 11 is 0. The Bertz CT molecular complexity index is 3590. The molecule has 1 aromatic heterocycles. The molecule has 0 amide bonds. The molecule has 12 rings (SSSR count). The Hall–Kier alpha value is -8.20. The lowest BCUT2D eigenvalue weighted by atomic mass is 9.93. The minimum absolute atomic E-state index is 0.901. The van der Waals surface area contributed by atoms with Crippen LogP contribution in [-0.2, 0) is 0 Å². The lowest BCUT2D eigenvalue weighted by Crippen LogP contribution is -2.09. The summed E-state index contributed by atoms with van der Waals surface area (Å²) in [6, 6.07) is 85.4. The lowest BCUT2D eigenvalue weighted by Gasteiger charge is -2.26. The molecule has 12 aromatic rings. The highest BCUT2D eigenvalue weighted by Gasteiger charge is 2.17. The zero-order valence-corrected chi connectivity index (χ0v) is 33.9. The van der Waals surface area contributed by atoms with Gasteiger partial charge >= 0.3 is 0 Å². The zero-order chi connectivity index (χ0) is 41.0. The third kappa shape index (κ3) is 6.12. The van der Waals surface area contributed by atoms with Crippen LogP contribution in [0, 0.1) is 0 Å². The second-order valence-electron chi connectivity index (χ2n) is 16.0. The number of hydrogen-bond donors (Lipinski definition) is 0. The summed E-state index contributed by atoms with van der Waals surface area (Å²) in [6.07, 6.45) is 0. The Balaban J connectivity index is 0.902. The first kappa shape index (κ1) is 35.7. The predicted molar refractivity (Wildman–Crippen MR) is 263 cm³/mol. The average Bonchev–Trinajstić information content (AvgIpc) is 3.74. The van der Waals surface area contributed by atoms with Crippen LogP contribution in [0.2, 0.25) is 0 Å². The van der Waals surface area contributed by atoms with Gasteiger partial charge in [-0.3, -0.25) is 0 Å². The van der Waals surface area contributed by atoms with E-state index >= 15 is 0 Å². The molecular formula is C60H39NO. The molecule has 0 aliphatic carbocycles. The fraction of sp³-hybridized carbons (Fsp3) is 0. The van der Waals surface area contributed by atoms with Gasteiger partial charge in [-0.2, -0.15) is 0 Å². The van der Waals surface area contributed by atoms with Gasteiger partial charge in [0.25, 0.3) is 0 Å². The normalized spacial score (nSPS) is 11.5. The summed E-state index contributed by atoms with van der Waals surface area (Å²) in [5.74, 6) is 0. The third-order valence-electron chi connectivity index (χ3n) is 12.5. The topological polar surface area (TPSA) is 16.4 Å². The van der Waals surface area contributed by atoms with E-state index in [1.807, 2.05) is 12.1 Å². The molecule has 0 aliphatic heterocycles. The van der Waals surface area contributed by atoms with Gasteiger partial charge in [0.05, 0.1) is 0 Å². The van der Waals surface area contributed by atoms with E-state index in [0.717, 1.165) is 50.1 Å². The number of furan rings is 1. The first-order valence-electron chi connectivity index (χ1n) is 21.2. The summed E-state index contributed by atoms with van der Waals surface area (Å²) in [5.41, 5.74) is 14.6. The molecule has 2 heteroatoms. The largest absolute Gasteiger partial charge is 0.456 e. The first-order valence-corrected chi connectivity index (χ1v) is 21.2. The van der Waals surface area contributed by atoms with Crippen molar-refractivity contribution in [1.29, 1.82) is 0 Å². The van der Waals surface area contributed by atoms with E-state index in [0.29, 0.717) is 0 Å². The molecule has 1 heterocycles. The maximum atomic E-state index is 6.25. The quantitative estimate of drug-likeness (QED) is 0.150. The van der Waals surface area contributed by atoms with Gasteiger partial charge in [-0.25, -0.2) is 0 Å². The van der Waals surface area contributed by atoms with Crippen LogP contribution in [0.5, 0.6) is 0 Å². The number of hydrogen-bond acceptors (Lipinski definition) is 2. The molecular weight excluding hydrogens is 751 g/mol. The molecule has 0 unspecified atom stereocenters. The minimum atomic E-state index is 0.901. The van der Waals surface area contributed by atoms with Crippen molar-refractivity contribution in [1.82, 2.24) is 0 Å². The number of para-hydroxylation sites is 1. The van der Waals surface area contributed by atoms with E-state index in [4.69, 9.17) is 4.42 Å². The highest BCUT2D eigenvalue weighted by atomic mass is 16.3. The molecule has 0 fully saturated rings. The number of anilines is 3. The predicted octanol–water partition coefficient (Wildman–Crippen LogP) is 17.2. The fourth-order valence-corrected chi connectivity index (χ4v) is 9.46. The number of benzene rings is 11. The summed E-state index contributed by atoms with van der Waals surface area (Å²) < 4.78 is 6.25. The highest BCUT2D eigenvalue weighted by Crippen LogP contribution is 2.41. The van der Waals surface area contributed by atoms with Crippen molar-refractivity contribution in [2.45, 2.75) is 0 Å². The fourth-order valence-electron chi connectivity index (χ4n) is 9.46. The van der Waals surface area contributed by atoms with E-state index in [-0.39, 0.29) is 0 Å². The van der Waals surface area contributed by atoms with Crippen LogP contribution in [0.25, 0.3) is 98.8 Å². The number of rotatable bonds is 7. The van der Waals surface area contributed by atoms with Crippen LogP contribution in [-0.4, -0.2) is 0 Å². The summed E-state index contributed by atoms with van der Waals surface area (Å²) in [5, 5.41) is 9.88. The Labute approximate surface area is 360 Å². The second-order valence-corrected chi connectivity index (χ2v) is 16.0. The van der Waals surface area contributed by atoms with Crippen molar-refractivity contribution in [2.75, 3.05) is 4.90 Å². The smallest absolute Gasteiger partial charge is 0.136 e. The Kier molecular flexibility index (Phi) is 8.53. The van der Waals surface area contributed by atoms with Gasteiger partial charge in [0.15, 0.2) is 0 Å². The van der Waals surface area contributed by atoms with E-state index in [2.05, 4.69) is 229 Å². The summed E-state index contributed by atoms with van der Waals surface area (Å²) in [7, 11) is 0. The van der Waals surface area contributed by atoms with Gasteiger partial charge in [0.2, 0.25) is 0 Å². The van der Waals surface area contributed by atoms with Crippen molar-refractivity contribution in [2.24, 2.45) is 0 Å². The lowest BCUT2D eigenvalue weighted by molar-refractivity contribution is 0.669. The maximum absolute atomic E-state index is 6.25. The van der Waals surface area contributed by atoms with Gasteiger partial charge in [0, 0.05) is 27.8 Å². The number of fused-ring (bicyclic) bond motifs is 7. The van der Waals surface area contributed by atoms with Crippen molar-refractivity contribution in [3.05, 3.63) is 237 Å². The average molecular weight is 790 g/mol. The molecule has 62 heavy (non-hydrogen) atoms. The van der Waals surface area contributed by atoms with Crippen LogP contribution in [0.3, 0.4) is 0 Å². The molecule has 290 valence electrons. The molecule has 0 bridgehead atoms. The molecule has 0 N–H and O–H groups in total. The highest BCUT2D eigenvalue weighted by molar-refractivity contribution is 6.13. The molecule has 0 aliphatic rings. The van der Waals surface area contributed by atoms with Crippen LogP contribution < -0.4 is 4.90 Å². The van der Waals surface area contributed by atoms with Crippen LogP contribution in [0.1, 0.15) is 0 Å². The van der Waals surface area contributed by atoms with Crippen molar-refractivity contribution >= 4 is 71.3 Å². The van der Waals surface area contributed by atoms with E-state index in [1.54, 1.807) is 0 Å². The third-order valence-corrected chi connectivity index (χ3v) is 12.5. The molecule has 0 saturated heterocycles. The molecule has 2 nitrogen and oxygen atoms in total. The van der Waals surface area contributed by atoms with Crippen LogP contribution >= 0.6 is 0 Å². The van der Waals surface area contributed by atoms with E-state index in [1.165, 1.54) is 65.7 Å². The Morgan fingerprint density at radius 2 is 0.661 bits per heavy atom. The summed E-state index contributed by atoms with van der Waals surface area (Å²) in [6.45, 7) is 0. The second kappa shape index (κ2) is 14.8. The van der Waals surface area contributed by atoms with E-state index < -0.39 is 0 Å². The van der Waals surface area contributed by atoms with Gasteiger partial charge in [0.1, 0.15) is 11.2 Å². The minimum Gasteiger partial charge on any atom is -0.456 e. The van der Waals surface area contributed by atoms with Crippen molar-refractivity contribution in [3.63, 3.8) is 0 Å². The molecule has 0 atom stereocenters. The van der Waals surface area contributed by atoms with Gasteiger partial charge in [-0.15, -0.1) is 0 Å². The SMILES string of the molecule is c1ccc2c(-c3ccc(N(c4ccc(-c5ccc(-c6cccc7c6ccc6ccccc67)cc5)cc4)c4ccc(-c5cccc6oc7ccccc7c56)cc4)cc3)cccc2c1. The number of nitrogens with zero attached hydrogens (tertiary/aromatic N) is 1. The van der Waals surface area contributed by atoms with Gasteiger partial charge < -0.3 is 9.32 Å². The Morgan fingerprint density at radius 1 is 0.242 bits per heavy atom. The molecule has 0 radical (unpaired) electrons. The van der Waals surface area contributed by atoms with Gasteiger partial charge in [-0.05, 0) is 125 Å². The Morgan fingerprint density at radius 3 is 1.34 bits per heavy atom. The van der Waals surface area contributed by atoms with Crippen molar-refractivity contribution in [3.8, 4) is 44.5 Å². The van der Waals surface area contributed by atoms with Crippen LogP contribution in [0.4, 0.5) is 17.1 Å².